The standard InChI is InChI=1S/C37H53N3O7/c1-7-10-17-30(42)46-23-28(26-15-12-11-13-16-26)38-34(43)31-29-18-19-37(47-29)32(31)35(44)40(27(22-41)21-24(4)5)33(37)36(45)39(20-9-3)25(6)14-8-2/h7,9,11-13,15-16,24-25,27-29,31-33,41H,1,3,8,10,14,17-23H2,2,4-6H3,(H,38,43)/t25?,27-,28-,29-,31+,32+,33-,37+/m1/s1. The molecule has 1 aromatic carbocycles. The minimum atomic E-state index is -1.20. The molecule has 47 heavy (non-hydrogen) atoms. The van der Waals surface area contributed by atoms with E-state index in [1.807, 2.05) is 51.1 Å². The smallest absolute Gasteiger partial charge is 0.306 e. The maximum atomic E-state index is 14.7. The first-order valence-corrected chi connectivity index (χ1v) is 17.2. The first kappa shape index (κ1) is 36.3. The second-order valence-corrected chi connectivity index (χ2v) is 13.7. The number of aliphatic hydroxyl groups is 1. The van der Waals surface area contributed by atoms with E-state index in [1.165, 1.54) is 0 Å². The minimum absolute atomic E-state index is 0.0756. The van der Waals surface area contributed by atoms with Crippen molar-refractivity contribution in [2.75, 3.05) is 19.8 Å². The predicted octanol–water partition coefficient (Wildman–Crippen LogP) is 4.34. The van der Waals surface area contributed by atoms with Gasteiger partial charge in [0.25, 0.3) is 0 Å². The molecule has 3 heterocycles. The fraction of sp³-hybridized carbons (Fsp3) is 0.622. The Morgan fingerprint density at radius 2 is 1.91 bits per heavy atom. The van der Waals surface area contributed by atoms with E-state index in [-0.39, 0.29) is 49.3 Å². The van der Waals surface area contributed by atoms with Crippen molar-refractivity contribution in [1.29, 1.82) is 0 Å². The van der Waals surface area contributed by atoms with Gasteiger partial charge in [-0.2, -0.15) is 0 Å². The van der Waals surface area contributed by atoms with Crippen molar-refractivity contribution in [2.45, 2.75) is 109 Å². The highest BCUT2D eigenvalue weighted by molar-refractivity contribution is 5.99. The Morgan fingerprint density at radius 1 is 1.19 bits per heavy atom. The van der Waals surface area contributed by atoms with Crippen LogP contribution < -0.4 is 5.32 Å². The Kier molecular flexibility index (Phi) is 12.4. The van der Waals surface area contributed by atoms with E-state index >= 15 is 0 Å². The second-order valence-electron chi connectivity index (χ2n) is 13.7. The summed E-state index contributed by atoms with van der Waals surface area (Å²) in [6.07, 6.45) is 6.58. The molecule has 3 fully saturated rings. The number of fused-ring (bicyclic) bond motifs is 1. The van der Waals surface area contributed by atoms with Crippen LogP contribution in [-0.2, 0) is 28.7 Å². The molecule has 0 aromatic heterocycles. The highest BCUT2D eigenvalue weighted by Crippen LogP contribution is 2.59. The van der Waals surface area contributed by atoms with Gasteiger partial charge in [0, 0.05) is 19.0 Å². The number of rotatable bonds is 18. The fourth-order valence-electron chi connectivity index (χ4n) is 7.88. The predicted molar refractivity (Wildman–Crippen MR) is 179 cm³/mol. The van der Waals surface area contributed by atoms with Crippen LogP contribution in [0.15, 0.2) is 55.6 Å². The summed E-state index contributed by atoms with van der Waals surface area (Å²) < 4.78 is 12.2. The largest absolute Gasteiger partial charge is 0.463 e. The van der Waals surface area contributed by atoms with Crippen LogP contribution in [-0.4, -0.2) is 88.2 Å². The third kappa shape index (κ3) is 7.49. The van der Waals surface area contributed by atoms with Crippen LogP contribution in [0.4, 0.5) is 0 Å². The van der Waals surface area contributed by atoms with Crippen molar-refractivity contribution in [3.63, 3.8) is 0 Å². The topological polar surface area (TPSA) is 125 Å². The Morgan fingerprint density at radius 3 is 2.53 bits per heavy atom. The van der Waals surface area contributed by atoms with E-state index in [4.69, 9.17) is 9.47 Å². The van der Waals surface area contributed by atoms with Crippen LogP contribution in [0.25, 0.3) is 0 Å². The Balaban J connectivity index is 1.69. The summed E-state index contributed by atoms with van der Waals surface area (Å²) in [6.45, 7) is 15.5. The molecule has 1 spiro atoms. The fourth-order valence-corrected chi connectivity index (χ4v) is 7.88. The molecule has 2 N–H and O–H groups in total. The van der Waals surface area contributed by atoms with Crippen molar-refractivity contribution in [1.82, 2.24) is 15.1 Å². The Bertz CT molecular complexity index is 1290. The lowest BCUT2D eigenvalue weighted by Gasteiger charge is -2.41. The molecule has 0 saturated carbocycles. The van der Waals surface area contributed by atoms with E-state index in [2.05, 4.69) is 25.4 Å². The number of carbonyl (C=O) groups is 4. The summed E-state index contributed by atoms with van der Waals surface area (Å²) in [5.41, 5.74) is -0.443. The molecule has 1 aromatic rings. The van der Waals surface area contributed by atoms with Gasteiger partial charge in [0.1, 0.15) is 18.2 Å². The number of allylic oxidation sites excluding steroid dienone is 1. The van der Waals surface area contributed by atoms with Gasteiger partial charge in [-0.15, -0.1) is 13.2 Å². The Labute approximate surface area is 279 Å². The van der Waals surface area contributed by atoms with Crippen LogP contribution in [0, 0.1) is 17.8 Å². The van der Waals surface area contributed by atoms with E-state index in [1.54, 1.807) is 22.0 Å². The van der Waals surface area contributed by atoms with Gasteiger partial charge in [0.05, 0.1) is 36.6 Å². The lowest BCUT2D eigenvalue weighted by atomic mass is 9.70. The lowest BCUT2D eigenvalue weighted by Crippen LogP contribution is -2.60. The molecular weight excluding hydrogens is 598 g/mol. The number of ether oxygens (including phenoxy) is 2. The summed E-state index contributed by atoms with van der Waals surface area (Å²) in [7, 11) is 0. The van der Waals surface area contributed by atoms with E-state index in [9.17, 15) is 24.3 Å². The van der Waals surface area contributed by atoms with Gasteiger partial charge in [-0.05, 0) is 50.5 Å². The quantitative estimate of drug-likeness (QED) is 0.179. The van der Waals surface area contributed by atoms with Crippen LogP contribution >= 0.6 is 0 Å². The van der Waals surface area contributed by atoms with Crippen LogP contribution in [0.5, 0.6) is 0 Å². The molecule has 2 bridgehead atoms. The first-order valence-electron chi connectivity index (χ1n) is 17.2. The highest BCUT2D eigenvalue weighted by atomic mass is 16.5. The number of nitrogens with zero attached hydrogens (tertiary/aromatic N) is 2. The van der Waals surface area contributed by atoms with Crippen LogP contribution in [0.2, 0.25) is 0 Å². The average Bonchev–Trinajstić information content (AvgIpc) is 3.70. The average molecular weight is 652 g/mol. The maximum absolute atomic E-state index is 14.7. The van der Waals surface area contributed by atoms with Gasteiger partial charge in [-0.25, -0.2) is 0 Å². The number of hydrogen-bond donors (Lipinski definition) is 2. The summed E-state index contributed by atoms with van der Waals surface area (Å²) in [5.74, 6) is -2.95. The lowest BCUT2D eigenvalue weighted by molar-refractivity contribution is -0.153. The normalized spacial score (nSPS) is 26.4. The number of likely N-dealkylation sites (tertiary alicyclic amines) is 1. The third-order valence-corrected chi connectivity index (χ3v) is 9.95. The van der Waals surface area contributed by atoms with Gasteiger partial charge in [-0.3, -0.25) is 19.2 Å². The highest BCUT2D eigenvalue weighted by Gasteiger charge is 2.75. The van der Waals surface area contributed by atoms with Gasteiger partial charge in [-0.1, -0.05) is 69.7 Å². The second kappa shape index (κ2) is 16.1. The van der Waals surface area contributed by atoms with Crippen LogP contribution in [0.3, 0.4) is 0 Å². The molecule has 258 valence electrons. The molecular formula is C37H53N3O7. The summed E-state index contributed by atoms with van der Waals surface area (Å²) >= 11 is 0. The van der Waals surface area contributed by atoms with E-state index in [0.717, 1.165) is 18.4 Å². The zero-order chi connectivity index (χ0) is 34.3. The first-order chi connectivity index (χ1) is 22.5. The molecule has 3 aliphatic rings. The minimum Gasteiger partial charge on any atom is -0.463 e. The molecule has 1 unspecified atom stereocenters. The van der Waals surface area contributed by atoms with Crippen molar-refractivity contribution in [3.8, 4) is 0 Å². The number of nitrogens with one attached hydrogen (secondary N) is 1. The molecule has 0 aliphatic carbocycles. The molecule has 0 radical (unpaired) electrons. The summed E-state index contributed by atoms with van der Waals surface area (Å²) in [6, 6.07) is 6.91. The van der Waals surface area contributed by atoms with Crippen molar-refractivity contribution in [2.24, 2.45) is 17.8 Å². The number of hydrogen-bond acceptors (Lipinski definition) is 7. The number of esters is 1. The van der Waals surface area contributed by atoms with Gasteiger partial charge in [0.15, 0.2) is 0 Å². The number of carbonyl (C=O) groups excluding carboxylic acids is 4. The van der Waals surface area contributed by atoms with E-state index < -0.39 is 47.6 Å². The SMILES string of the molecule is C=CCCC(=O)OC[C@@H](NC(=O)[C@@H]1[C@H]2C(=O)N([C@@H](CO)CC(C)C)[C@H](C(=O)N(CC=C)C(C)CCC)[C@]23CC[C@H]1O3)c1ccccc1. The number of amides is 3. The van der Waals surface area contributed by atoms with Gasteiger partial charge in [0.2, 0.25) is 17.7 Å². The number of aliphatic hydroxyl groups excluding tert-OH is 1. The van der Waals surface area contributed by atoms with Crippen molar-refractivity contribution >= 4 is 23.7 Å². The summed E-state index contributed by atoms with van der Waals surface area (Å²) in [5, 5.41) is 13.7. The third-order valence-electron chi connectivity index (χ3n) is 9.95. The molecule has 10 nitrogen and oxygen atoms in total. The van der Waals surface area contributed by atoms with Crippen molar-refractivity contribution in [3.05, 3.63) is 61.2 Å². The molecule has 4 rings (SSSR count). The molecule has 8 atom stereocenters. The van der Waals surface area contributed by atoms with E-state index in [0.29, 0.717) is 32.2 Å². The molecule has 3 aliphatic heterocycles. The monoisotopic (exact) mass is 651 g/mol. The maximum Gasteiger partial charge on any atom is 0.306 e. The number of benzene rings is 1. The Hall–Kier alpha value is -3.50. The molecule has 10 heteroatoms. The van der Waals surface area contributed by atoms with Crippen LogP contribution in [0.1, 0.15) is 84.2 Å². The summed E-state index contributed by atoms with van der Waals surface area (Å²) in [4.78, 5) is 59.2. The van der Waals surface area contributed by atoms with Gasteiger partial charge >= 0.3 is 5.97 Å². The molecule has 3 saturated heterocycles. The van der Waals surface area contributed by atoms with Crippen molar-refractivity contribution < 1.29 is 33.8 Å². The zero-order valence-electron chi connectivity index (χ0n) is 28.4. The zero-order valence-corrected chi connectivity index (χ0v) is 28.4. The molecule has 3 amide bonds. The van der Waals surface area contributed by atoms with Gasteiger partial charge < -0.3 is 29.7 Å².